The predicted molar refractivity (Wildman–Crippen MR) is 68.9 cm³/mol. The summed E-state index contributed by atoms with van der Waals surface area (Å²) in [5, 5.41) is 12.6. The van der Waals surface area contributed by atoms with Gasteiger partial charge in [-0.3, -0.25) is 0 Å². The minimum atomic E-state index is 0.380. The molecule has 4 heteroatoms. The van der Waals surface area contributed by atoms with Crippen molar-refractivity contribution in [2.24, 2.45) is 0 Å². The van der Waals surface area contributed by atoms with Crippen LogP contribution in [0.2, 0.25) is 5.02 Å². The molecule has 0 atom stereocenters. The Kier molecular flexibility index (Phi) is 2.96. The van der Waals surface area contributed by atoms with E-state index in [0.717, 1.165) is 14.5 Å². The second-order valence-electron chi connectivity index (χ2n) is 2.82. The molecule has 2 aromatic rings. The van der Waals surface area contributed by atoms with Gasteiger partial charge in [0.15, 0.2) is 0 Å². The molecule has 1 aromatic heterocycles. The Bertz CT molecular complexity index is 527. The number of benzene rings is 1. The molecule has 70 valence electrons. The summed E-state index contributed by atoms with van der Waals surface area (Å²) in [4.78, 5) is 0. The Morgan fingerprint density at radius 1 is 1.57 bits per heavy atom. The van der Waals surface area contributed by atoms with Gasteiger partial charge in [-0.1, -0.05) is 11.6 Å². The lowest BCUT2D eigenvalue weighted by molar-refractivity contribution is 1.26. The molecule has 1 nitrogen and oxygen atoms in total. The summed E-state index contributed by atoms with van der Waals surface area (Å²) in [6.07, 6.45) is 0.380. The van der Waals surface area contributed by atoms with Crippen LogP contribution in [0.5, 0.6) is 0 Å². The molecule has 0 fully saturated rings. The van der Waals surface area contributed by atoms with Crippen LogP contribution >= 0.6 is 45.5 Å². The van der Waals surface area contributed by atoms with Gasteiger partial charge in [-0.15, -0.1) is 11.3 Å². The van der Waals surface area contributed by atoms with E-state index in [0.29, 0.717) is 11.4 Å². The van der Waals surface area contributed by atoms with E-state index in [9.17, 15) is 0 Å². The fraction of sp³-hybridized carbons (Fsp3) is 0.100. The summed E-state index contributed by atoms with van der Waals surface area (Å²) < 4.78 is 2.34. The Hall–Kier alpha value is -0.310. The standard InChI is InChI=1S/C10H5ClINS/c11-8-5-6-2-4-14-10(6)9(12)7(8)1-3-13/h2,4-5H,1H2. The molecule has 0 N–H and O–H groups in total. The van der Waals surface area contributed by atoms with E-state index in [1.807, 2.05) is 17.5 Å². The Balaban J connectivity index is 2.77. The average Bonchev–Trinajstić information content (AvgIpc) is 2.60. The number of fused-ring (bicyclic) bond motifs is 1. The molecule has 0 bridgehead atoms. The van der Waals surface area contributed by atoms with E-state index < -0.39 is 0 Å². The van der Waals surface area contributed by atoms with E-state index in [2.05, 4.69) is 28.7 Å². The van der Waals surface area contributed by atoms with Crippen LogP contribution in [-0.4, -0.2) is 0 Å². The molecule has 2 rings (SSSR count). The number of hydrogen-bond donors (Lipinski definition) is 0. The minimum Gasteiger partial charge on any atom is -0.198 e. The quantitative estimate of drug-likeness (QED) is 0.717. The zero-order chi connectivity index (χ0) is 10.1. The maximum absolute atomic E-state index is 8.68. The van der Waals surface area contributed by atoms with Crippen LogP contribution in [0.15, 0.2) is 17.5 Å². The molecular weight excluding hydrogens is 329 g/mol. The number of rotatable bonds is 1. The van der Waals surface area contributed by atoms with Gasteiger partial charge in [0.1, 0.15) is 0 Å². The minimum absolute atomic E-state index is 0.380. The van der Waals surface area contributed by atoms with Crippen molar-refractivity contribution in [3.8, 4) is 6.07 Å². The number of halogens is 2. The van der Waals surface area contributed by atoms with Crippen molar-refractivity contribution >= 4 is 55.6 Å². The Morgan fingerprint density at radius 3 is 3.07 bits per heavy atom. The molecule has 1 aromatic carbocycles. The van der Waals surface area contributed by atoms with Gasteiger partial charge in [0.25, 0.3) is 0 Å². The third kappa shape index (κ3) is 1.62. The normalized spacial score (nSPS) is 10.4. The summed E-state index contributed by atoms with van der Waals surface area (Å²) in [6.45, 7) is 0. The SMILES string of the molecule is N#CCc1c(Cl)cc2ccsc2c1I. The third-order valence-electron chi connectivity index (χ3n) is 1.99. The average molecular weight is 334 g/mol. The van der Waals surface area contributed by atoms with Gasteiger partial charge in [-0.2, -0.15) is 5.26 Å². The molecule has 0 saturated heterocycles. The van der Waals surface area contributed by atoms with Gasteiger partial charge >= 0.3 is 0 Å². The highest BCUT2D eigenvalue weighted by molar-refractivity contribution is 14.1. The topological polar surface area (TPSA) is 23.8 Å². The van der Waals surface area contributed by atoms with Gasteiger partial charge in [-0.05, 0) is 51.1 Å². The second kappa shape index (κ2) is 4.05. The van der Waals surface area contributed by atoms with Crippen LogP contribution in [0, 0.1) is 14.9 Å². The summed E-state index contributed by atoms with van der Waals surface area (Å²) in [5.41, 5.74) is 0.949. The summed E-state index contributed by atoms with van der Waals surface area (Å²) in [6, 6.07) is 6.12. The first kappa shape index (κ1) is 10.2. The summed E-state index contributed by atoms with van der Waals surface area (Å²) in [7, 11) is 0. The summed E-state index contributed by atoms with van der Waals surface area (Å²) >= 11 is 10.0. The van der Waals surface area contributed by atoms with E-state index in [4.69, 9.17) is 16.9 Å². The molecular formula is C10H5ClINS. The molecule has 0 saturated carbocycles. The number of nitriles is 1. The zero-order valence-corrected chi connectivity index (χ0v) is 10.8. The van der Waals surface area contributed by atoms with E-state index in [1.54, 1.807) is 11.3 Å². The molecule has 1 heterocycles. The largest absolute Gasteiger partial charge is 0.198 e. The van der Waals surface area contributed by atoms with Crippen molar-refractivity contribution in [3.05, 3.63) is 31.7 Å². The predicted octanol–water partition coefficient (Wildman–Crippen LogP) is 4.23. The fourth-order valence-corrected chi connectivity index (χ4v) is 3.77. The number of nitrogens with zero attached hydrogens (tertiary/aromatic N) is 1. The lowest BCUT2D eigenvalue weighted by atomic mass is 10.1. The van der Waals surface area contributed by atoms with Gasteiger partial charge in [0.2, 0.25) is 0 Å². The van der Waals surface area contributed by atoms with Crippen LogP contribution < -0.4 is 0 Å². The van der Waals surface area contributed by atoms with Crippen LogP contribution in [-0.2, 0) is 6.42 Å². The molecule has 0 aliphatic heterocycles. The molecule has 0 unspecified atom stereocenters. The van der Waals surface area contributed by atoms with Crippen LogP contribution in [0.1, 0.15) is 5.56 Å². The fourth-order valence-electron chi connectivity index (χ4n) is 1.32. The van der Waals surface area contributed by atoms with Crippen molar-refractivity contribution in [3.63, 3.8) is 0 Å². The van der Waals surface area contributed by atoms with Crippen LogP contribution in [0.4, 0.5) is 0 Å². The van der Waals surface area contributed by atoms with E-state index >= 15 is 0 Å². The smallest absolute Gasteiger partial charge is 0.0670 e. The van der Waals surface area contributed by atoms with E-state index in [1.165, 1.54) is 4.70 Å². The van der Waals surface area contributed by atoms with Crippen molar-refractivity contribution in [1.82, 2.24) is 0 Å². The first-order valence-electron chi connectivity index (χ1n) is 3.95. The molecule has 0 aliphatic rings. The van der Waals surface area contributed by atoms with Crippen LogP contribution in [0.25, 0.3) is 10.1 Å². The first-order chi connectivity index (χ1) is 6.74. The van der Waals surface area contributed by atoms with Crippen molar-refractivity contribution in [1.29, 1.82) is 5.26 Å². The highest BCUT2D eigenvalue weighted by Gasteiger charge is 2.10. The highest BCUT2D eigenvalue weighted by Crippen LogP contribution is 2.33. The number of hydrogen-bond acceptors (Lipinski definition) is 2. The van der Waals surface area contributed by atoms with Crippen molar-refractivity contribution in [2.75, 3.05) is 0 Å². The Labute approximate surface area is 104 Å². The Morgan fingerprint density at radius 2 is 2.36 bits per heavy atom. The maximum atomic E-state index is 8.68. The monoisotopic (exact) mass is 333 g/mol. The molecule has 0 amide bonds. The maximum Gasteiger partial charge on any atom is 0.0670 e. The molecule has 0 radical (unpaired) electrons. The summed E-state index contributed by atoms with van der Waals surface area (Å²) in [5.74, 6) is 0. The van der Waals surface area contributed by atoms with Crippen LogP contribution in [0.3, 0.4) is 0 Å². The molecule has 0 aliphatic carbocycles. The zero-order valence-electron chi connectivity index (χ0n) is 7.05. The van der Waals surface area contributed by atoms with Gasteiger partial charge in [0.05, 0.1) is 12.5 Å². The van der Waals surface area contributed by atoms with E-state index in [-0.39, 0.29) is 0 Å². The molecule has 0 spiro atoms. The van der Waals surface area contributed by atoms with Crippen molar-refractivity contribution < 1.29 is 0 Å². The van der Waals surface area contributed by atoms with Gasteiger partial charge in [-0.25, -0.2) is 0 Å². The lowest BCUT2D eigenvalue weighted by Crippen LogP contribution is -1.88. The lowest BCUT2D eigenvalue weighted by Gasteiger charge is -2.04. The molecule has 14 heavy (non-hydrogen) atoms. The van der Waals surface area contributed by atoms with Gasteiger partial charge < -0.3 is 0 Å². The second-order valence-corrected chi connectivity index (χ2v) is 5.23. The third-order valence-corrected chi connectivity index (χ3v) is 4.83. The van der Waals surface area contributed by atoms with Gasteiger partial charge in [0, 0.05) is 13.3 Å². The van der Waals surface area contributed by atoms with Crippen molar-refractivity contribution in [2.45, 2.75) is 6.42 Å². The highest BCUT2D eigenvalue weighted by atomic mass is 127. The first-order valence-corrected chi connectivity index (χ1v) is 6.28. The number of thiophene rings is 1.